The van der Waals surface area contributed by atoms with E-state index in [1.165, 1.54) is 11.8 Å². The first-order valence-corrected chi connectivity index (χ1v) is 5.97. The Kier molecular flexibility index (Phi) is 3.83. The summed E-state index contributed by atoms with van der Waals surface area (Å²) in [5.74, 6) is 0. The first-order valence-electron chi connectivity index (χ1n) is 4.77. The van der Waals surface area contributed by atoms with Gasteiger partial charge < -0.3 is 5.11 Å². The molecule has 0 aliphatic rings. The van der Waals surface area contributed by atoms with Gasteiger partial charge in [-0.15, -0.1) is 0 Å². The largest absolute Gasteiger partial charge is 0.392 e. The van der Waals surface area contributed by atoms with Crippen molar-refractivity contribution in [3.63, 3.8) is 0 Å². The fourth-order valence-electron chi connectivity index (χ4n) is 1.32. The van der Waals surface area contributed by atoms with Crippen LogP contribution in [-0.4, -0.2) is 10.1 Å². The van der Waals surface area contributed by atoms with Crippen LogP contribution < -0.4 is 0 Å². The van der Waals surface area contributed by atoms with Crippen LogP contribution in [0.5, 0.6) is 0 Å². The monoisotopic (exact) mass is 251 g/mol. The third kappa shape index (κ3) is 2.55. The van der Waals surface area contributed by atoms with E-state index in [1.807, 2.05) is 30.3 Å². The highest BCUT2D eigenvalue weighted by atomic mass is 35.5. The van der Waals surface area contributed by atoms with Crippen molar-refractivity contribution in [1.82, 2.24) is 4.98 Å². The molecule has 16 heavy (non-hydrogen) atoms. The molecule has 1 aromatic carbocycles. The second-order valence-electron chi connectivity index (χ2n) is 3.17. The maximum absolute atomic E-state index is 9.24. The predicted molar refractivity (Wildman–Crippen MR) is 65.7 cm³/mol. The van der Waals surface area contributed by atoms with Gasteiger partial charge in [0, 0.05) is 22.2 Å². The van der Waals surface area contributed by atoms with Crippen molar-refractivity contribution in [2.75, 3.05) is 0 Å². The Morgan fingerprint density at radius 2 is 1.94 bits per heavy atom. The summed E-state index contributed by atoms with van der Waals surface area (Å²) in [7, 11) is 0. The van der Waals surface area contributed by atoms with E-state index in [0.717, 1.165) is 15.4 Å². The van der Waals surface area contributed by atoms with E-state index >= 15 is 0 Å². The maximum Gasteiger partial charge on any atom is 0.0693 e. The predicted octanol–water partition coefficient (Wildman–Crippen LogP) is 3.38. The topological polar surface area (TPSA) is 33.1 Å². The van der Waals surface area contributed by atoms with E-state index in [1.54, 1.807) is 12.4 Å². The van der Waals surface area contributed by atoms with Crippen molar-refractivity contribution in [3.8, 4) is 0 Å². The number of halogens is 1. The van der Waals surface area contributed by atoms with Gasteiger partial charge in [0.15, 0.2) is 0 Å². The van der Waals surface area contributed by atoms with E-state index in [-0.39, 0.29) is 6.61 Å². The van der Waals surface area contributed by atoms with Gasteiger partial charge in [-0.1, -0.05) is 35.5 Å². The third-order valence-electron chi connectivity index (χ3n) is 2.09. The normalized spacial score (nSPS) is 10.4. The number of aliphatic hydroxyl groups excluding tert-OH is 1. The van der Waals surface area contributed by atoms with Crippen molar-refractivity contribution in [3.05, 3.63) is 53.3 Å². The lowest BCUT2D eigenvalue weighted by Crippen LogP contribution is -1.88. The van der Waals surface area contributed by atoms with Gasteiger partial charge >= 0.3 is 0 Å². The summed E-state index contributed by atoms with van der Waals surface area (Å²) in [6.45, 7) is -0.00598. The van der Waals surface area contributed by atoms with E-state index in [0.29, 0.717) is 5.02 Å². The van der Waals surface area contributed by atoms with Crippen LogP contribution in [0.4, 0.5) is 0 Å². The van der Waals surface area contributed by atoms with Crippen LogP contribution >= 0.6 is 23.4 Å². The van der Waals surface area contributed by atoms with Crippen LogP contribution in [0.3, 0.4) is 0 Å². The van der Waals surface area contributed by atoms with Gasteiger partial charge in [-0.2, -0.15) is 0 Å². The molecule has 0 aliphatic carbocycles. The van der Waals surface area contributed by atoms with Crippen LogP contribution in [0.2, 0.25) is 5.02 Å². The number of hydrogen-bond acceptors (Lipinski definition) is 3. The van der Waals surface area contributed by atoms with Gasteiger partial charge in [0.05, 0.1) is 11.6 Å². The Balaban J connectivity index is 2.34. The quantitative estimate of drug-likeness (QED) is 0.908. The molecule has 0 spiro atoms. The Morgan fingerprint density at radius 3 is 2.62 bits per heavy atom. The highest BCUT2D eigenvalue weighted by Gasteiger charge is 2.07. The minimum Gasteiger partial charge on any atom is -0.392 e. The lowest BCUT2D eigenvalue weighted by Gasteiger charge is -2.08. The lowest BCUT2D eigenvalue weighted by molar-refractivity contribution is 0.279. The molecule has 2 rings (SSSR count). The molecule has 0 saturated carbocycles. The minimum absolute atomic E-state index is 0.00598. The third-order valence-corrected chi connectivity index (χ3v) is 3.71. The molecule has 0 amide bonds. The van der Waals surface area contributed by atoms with Gasteiger partial charge in [0.25, 0.3) is 0 Å². The molecule has 0 fully saturated rings. The zero-order chi connectivity index (χ0) is 11.4. The zero-order valence-corrected chi connectivity index (χ0v) is 10.0. The molecule has 4 heteroatoms. The molecule has 1 aromatic heterocycles. The van der Waals surface area contributed by atoms with Gasteiger partial charge in [-0.25, -0.2) is 0 Å². The average molecular weight is 252 g/mol. The molecule has 2 nitrogen and oxygen atoms in total. The smallest absolute Gasteiger partial charge is 0.0693 e. The first-order chi connectivity index (χ1) is 7.81. The van der Waals surface area contributed by atoms with Crippen molar-refractivity contribution in [1.29, 1.82) is 0 Å². The molecule has 0 radical (unpaired) electrons. The number of benzene rings is 1. The van der Waals surface area contributed by atoms with Crippen molar-refractivity contribution >= 4 is 23.4 Å². The van der Waals surface area contributed by atoms with Gasteiger partial charge in [-0.3, -0.25) is 4.98 Å². The van der Waals surface area contributed by atoms with Crippen molar-refractivity contribution < 1.29 is 5.11 Å². The zero-order valence-electron chi connectivity index (χ0n) is 8.43. The van der Waals surface area contributed by atoms with Crippen LogP contribution in [-0.2, 0) is 6.61 Å². The van der Waals surface area contributed by atoms with Gasteiger partial charge in [0.1, 0.15) is 0 Å². The summed E-state index contributed by atoms with van der Waals surface area (Å²) in [4.78, 5) is 5.91. The summed E-state index contributed by atoms with van der Waals surface area (Å²) in [6.07, 6.45) is 3.47. The Bertz CT molecular complexity index is 476. The van der Waals surface area contributed by atoms with Gasteiger partial charge in [-0.05, 0) is 23.8 Å². The standard InChI is InChI=1S/C12H10ClNOS/c13-11-3-1-2-9(8-15)12(11)16-10-4-6-14-7-5-10/h1-7,15H,8H2. The summed E-state index contributed by atoms with van der Waals surface area (Å²) in [6, 6.07) is 9.36. The molecule has 82 valence electrons. The van der Waals surface area contributed by atoms with E-state index in [2.05, 4.69) is 4.98 Å². The molecule has 0 aliphatic heterocycles. The summed E-state index contributed by atoms with van der Waals surface area (Å²) in [5, 5.41) is 9.90. The average Bonchev–Trinajstić information content (AvgIpc) is 2.33. The molecule has 1 N–H and O–H groups in total. The van der Waals surface area contributed by atoms with E-state index < -0.39 is 0 Å². The number of rotatable bonds is 3. The number of aliphatic hydroxyl groups is 1. The van der Waals surface area contributed by atoms with Crippen LogP contribution in [0, 0.1) is 0 Å². The summed E-state index contributed by atoms with van der Waals surface area (Å²) >= 11 is 7.64. The van der Waals surface area contributed by atoms with Crippen molar-refractivity contribution in [2.24, 2.45) is 0 Å². The van der Waals surface area contributed by atoms with Crippen LogP contribution in [0.1, 0.15) is 5.56 Å². The molecule has 0 unspecified atom stereocenters. The molecule has 2 aromatic rings. The van der Waals surface area contributed by atoms with Gasteiger partial charge in [0.2, 0.25) is 0 Å². The minimum atomic E-state index is -0.00598. The fraction of sp³-hybridized carbons (Fsp3) is 0.0833. The second kappa shape index (κ2) is 5.34. The number of hydrogen-bond donors (Lipinski definition) is 1. The second-order valence-corrected chi connectivity index (χ2v) is 4.66. The lowest BCUT2D eigenvalue weighted by atomic mass is 10.2. The molecule has 0 atom stereocenters. The molecule has 0 bridgehead atoms. The number of pyridine rings is 1. The number of aromatic nitrogens is 1. The Morgan fingerprint density at radius 1 is 1.19 bits per heavy atom. The first kappa shape index (κ1) is 11.5. The maximum atomic E-state index is 9.24. The SMILES string of the molecule is OCc1cccc(Cl)c1Sc1ccncc1. The summed E-state index contributed by atoms with van der Waals surface area (Å²) < 4.78 is 0. The van der Waals surface area contributed by atoms with E-state index in [9.17, 15) is 5.11 Å². The molecular weight excluding hydrogens is 242 g/mol. The Hall–Kier alpha value is -1.03. The highest BCUT2D eigenvalue weighted by molar-refractivity contribution is 7.99. The fourth-order valence-corrected chi connectivity index (χ4v) is 2.55. The van der Waals surface area contributed by atoms with Crippen LogP contribution in [0.25, 0.3) is 0 Å². The number of nitrogens with zero attached hydrogens (tertiary/aromatic N) is 1. The molecule has 0 saturated heterocycles. The highest BCUT2D eigenvalue weighted by Crippen LogP contribution is 2.35. The van der Waals surface area contributed by atoms with Crippen molar-refractivity contribution in [2.45, 2.75) is 16.4 Å². The molecular formula is C12H10ClNOS. The summed E-state index contributed by atoms with van der Waals surface area (Å²) in [5.41, 5.74) is 0.842. The van der Waals surface area contributed by atoms with Crippen LogP contribution in [0.15, 0.2) is 52.5 Å². The van der Waals surface area contributed by atoms with E-state index in [4.69, 9.17) is 11.6 Å². The Labute approximate surface area is 103 Å². The molecule has 1 heterocycles.